The number of fused-ring (bicyclic) bond motifs is 1. The molecule has 1 N–H and O–H groups in total. The van der Waals surface area contributed by atoms with Crippen LogP contribution in [0.15, 0.2) is 35.3 Å². The fourth-order valence-electron chi connectivity index (χ4n) is 4.68. The summed E-state index contributed by atoms with van der Waals surface area (Å²) in [5.41, 5.74) is 1.38. The summed E-state index contributed by atoms with van der Waals surface area (Å²) in [5.74, 6) is 1.04. The first-order valence-corrected chi connectivity index (χ1v) is 11.6. The van der Waals surface area contributed by atoms with Crippen LogP contribution in [0.25, 0.3) is 0 Å². The number of halogens is 1. The van der Waals surface area contributed by atoms with E-state index in [4.69, 9.17) is 14.5 Å². The molecular weight excluding hydrogens is 505 g/mol. The number of rotatable bonds is 7. The topological polar surface area (TPSA) is 52.6 Å². The van der Waals surface area contributed by atoms with E-state index in [2.05, 4.69) is 57.3 Å². The predicted molar refractivity (Wildman–Crippen MR) is 135 cm³/mol. The first kappa shape index (κ1) is 24.7. The van der Waals surface area contributed by atoms with Gasteiger partial charge < -0.3 is 19.7 Å². The van der Waals surface area contributed by atoms with Gasteiger partial charge in [0.25, 0.3) is 0 Å². The zero-order chi connectivity index (χ0) is 20.6. The summed E-state index contributed by atoms with van der Waals surface area (Å²) in [6.07, 6.45) is 1.35. The van der Waals surface area contributed by atoms with Gasteiger partial charge in [-0.3, -0.25) is 14.8 Å². The second kappa shape index (κ2) is 12.9. The minimum atomic E-state index is 0. The number of aliphatic imine (C=N–C) groups is 1. The Bertz CT molecular complexity index is 671. The van der Waals surface area contributed by atoms with Crippen LogP contribution in [0, 0.1) is 0 Å². The molecule has 1 aromatic rings. The molecule has 0 saturated carbocycles. The van der Waals surface area contributed by atoms with Crippen molar-refractivity contribution in [3.05, 3.63) is 35.9 Å². The number of guanidine groups is 1. The molecule has 0 bridgehead atoms. The van der Waals surface area contributed by atoms with Crippen molar-refractivity contribution in [2.45, 2.75) is 32.0 Å². The summed E-state index contributed by atoms with van der Waals surface area (Å²) in [7, 11) is 0. The molecule has 0 aliphatic carbocycles. The highest BCUT2D eigenvalue weighted by atomic mass is 127. The van der Waals surface area contributed by atoms with Crippen LogP contribution in [0.5, 0.6) is 0 Å². The van der Waals surface area contributed by atoms with Crippen molar-refractivity contribution in [3.8, 4) is 0 Å². The normalized spacial score (nSPS) is 25.2. The molecule has 3 fully saturated rings. The maximum Gasteiger partial charge on any atom is 0.194 e. The van der Waals surface area contributed by atoms with Gasteiger partial charge in [-0.15, -0.1) is 24.0 Å². The fraction of sp³-hybridized carbons (Fsp3) is 0.696. The summed E-state index contributed by atoms with van der Waals surface area (Å²) >= 11 is 0. The molecule has 3 heterocycles. The lowest BCUT2D eigenvalue weighted by atomic mass is 10.1. The molecule has 1 aromatic carbocycles. The monoisotopic (exact) mass is 543 g/mol. The summed E-state index contributed by atoms with van der Waals surface area (Å²) in [4.78, 5) is 12.4. The molecule has 3 aliphatic heterocycles. The van der Waals surface area contributed by atoms with Crippen LogP contribution < -0.4 is 5.32 Å². The van der Waals surface area contributed by atoms with E-state index >= 15 is 0 Å². The Morgan fingerprint density at radius 2 is 1.90 bits per heavy atom. The Balaban J connectivity index is 0.00000272. The number of morpholine rings is 2. The maximum absolute atomic E-state index is 6.15. The zero-order valence-corrected chi connectivity index (χ0v) is 21.1. The first-order chi connectivity index (χ1) is 14.8. The number of ether oxygens (including phenoxy) is 2. The molecule has 0 radical (unpaired) electrons. The Hall–Kier alpha value is -0.940. The van der Waals surface area contributed by atoms with Crippen LogP contribution in [-0.4, -0.2) is 105 Å². The van der Waals surface area contributed by atoms with Crippen molar-refractivity contribution in [3.63, 3.8) is 0 Å². The lowest BCUT2D eigenvalue weighted by Gasteiger charge is -2.36. The summed E-state index contributed by atoms with van der Waals surface area (Å²) in [6.45, 7) is 13.5. The van der Waals surface area contributed by atoms with E-state index in [1.807, 2.05) is 0 Å². The SMILES string of the molecule is CCNC(=NCCCN1CCOCC1)N1CC2OCCN(Cc3ccccc3)C2C1.I. The molecule has 4 rings (SSSR count). The molecule has 2 atom stereocenters. The smallest absolute Gasteiger partial charge is 0.194 e. The number of nitrogens with one attached hydrogen (secondary N) is 1. The van der Waals surface area contributed by atoms with E-state index in [1.54, 1.807) is 0 Å². The third-order valence-electron chi connectivity index (χ3n) is 6.28. The molecule has 3 saturated heterocycles. The summed E-state index contributed by atoms with van der Waals surface area (Å²) in [6, 6.07) is 11.2. The number of benzene rings is 1. The van der Waals surface area contributed by atoms with Crippen molar-refractivity contribution < 1.29 is 9.47 Å². The lowest BCUT2D eigenvalue weighted by Crippen LogP contribution is -2.50. The second-order valence-corrected chi connectivity index (χ2v) is 8.38. The molecule has 3 aliphatic rings. The molecular formula is C23H38IN5O2. The van der Waals surface area contributed by atoms with E-state index < -0.39 is 0 Å². The minimum absolute atomic E-state index is 0. The van der Waals surface area contributed by atoms with Crippen molar-refractivity contribution in [2.24, 2.45) is 4.99 Å². The Morgan fingerprint density at radius 3 is 2.68 bits per heavy atom. The maximum atomic E-state index is 6.15. The molecule has 7 nitrogen and oxygen atoms in total. The third kappa shape index (κ3) is 7.02. The van der Waals surface area contributed by atoms with Crippen molar-refractivity contribution in [2.75, 3.05) is 72.2 Å². The van der Waals surface area contributed by atoms with Crippen LogP contribution in [0.2, 0.25) is 0 Å². The zero-order valence-electron chi connectivity index (χ0n) is 18.7. The van der Waals surface area contributed by atoms with Gasteiger partial charge in [0.05, 0.1) is 32.0 Å². The van der Waals surface area contributed by atoms with Gasteiger partial charge in [-0.25, -0.2) is 0 Å². The van der Waals surface area contributed by atoms with Crippen LogP contribution in [0.3, 0.4) is 0 Å². The van der Waals surface area contributed by atoms with Gasteiger partial charge in [0.1, 0.15) is 0 Å². The van der Waals surface area contributed by atoms with E-state index in [-0.39, 0.29) is 30.1 Å². The number of likely N-dealkylation sites (tertiary alicyclic amines) is 1. The van der Waals surface area contributed by atoms with Crippen molar-refractivity contribution in [1.82, 2.24) is 20.0 Å². The van der Waals surface area contributed by atoms with E-state index in [9.17, 15) is 0 Å². The van der Waals surface area contributed by atoms with Crippen LogP contribution in [0.4, 0.5) is 0 Å². The minimum Gasteiger partial charge on any atom is -0.379 e. The molecule has 31 heavy (non-hydrogen) atoms. The number of nitrogens with zero attached hydrogens (tertiary/aromatic N) is 4. The quantitative estimate of drug-likeness (QED) is 0.246. The van der Waals surface area contributed by atoms with Crippen LogP contribution in [0.1, 0.15) is 18.9 Å². The Morgan fingerprint density at radius 1 is 1.10 bits per heavy atom. The highest BCUT2D eigenvalue weighted by molar-refractivity contribution is 14.0. The highest BCUT2D eigenvalue weighted by Gasteiger charge is 2.41. The lowest BCUT2D eigenvalue weighted by molar-refractivity contribution is -0.0502. The number of hydrogen-bond donors (Lipinski definition) is 1. The van der Waals surface area contributed by atoms with E-state index in [1.165, 1.54) is 5.56 Å². The fourth-order valence-corrected chi connectivity index (χ4v) is 4.68. The van der Waals surface area contributed by atoms with Gasteiger partial charge in [0, 0.05) is 58.9 Å². The number of hydrogen-bond acceptors (Lipinski definition) is 5. The molecule has 0 amide bonds. The van der Waals surface area contributed by atoms with E-state index in [0.717, 1.165) is 91.1 Å². The van der Waals surface area contributed by atoms with Crippen LogP contribution in [-0.2, 0) is 16.0 Å². The van der Waals surface area contributed by atoms with Gasteiger partial charge >= 0.3 is 0 Å². The highest BCUT2D eigenvalue weighted by Crippen LogP contribution is 2.24. The second-order valence-electron chi connectivity index (χ2n) is 8.38. The van der Waals surface area contributed by atoms with Gasteiger partial charge in [0.15, 0.2) is 5.96 Å². The van der Waals surface area contributed by atoms with E-state index in [0.29, 0.717) is 6.04 Å². The average Bonchev–Trinajstić information content (AvgIpc) is 3.23. The molecule has 174 valence electrons. The van der Waals surface area contributed by atoms with Gasteiger partial charge in [-0.05, 0) is 18.9 Å². The largest absolute Gasteiger partial charge is 0.379 e. The van der Waals surface area contributed by atoms with Gasteiger partial charge in [-0.2, -0.15) is 0 Å². The van der Waals surface area contributed by atoms with Gasteiger partial charge in [-0.1, -0.05) is 30.3 Å². The van der Waals surface area contributed by atoms with Crippen molar-refractivity contribution in [1.29, 1.82) is 0 Å². The standard InChI is InChI=1S/C23H37N5O2.HI/c1-2-24-23(25-9-6-10-26-11-14-29-15-12-26)28-18-21-22(19-28)30-16-13-27(21)17-20-7-4-3-5-8-20;/h3-5,7-8,21-22H,2,6,9-19H2,1H3,(H,24,25);1H. The molecule has 0 spiro atoms. The van der Waals surface area contributed by atoms with Crippen molar-refractivity contribution >= 4 is 29.9 Å². The summed E-state index contributed by atoms with van der Waals surface area (Å²) < 4.78 is 11.6. The average molecular weight is 543 g/mol. The first-order valence-electron chi connectivity index (χ1n) is 11.6. The third-order valence-corrected chi connectivity index (χ3v) is 6.28. The Labute approximate surface area is 204 Å². The Kier molecular flexibility index (Phi) is 10.3. The predicted octanol–water partition coefficient (Wildman–Crippen LogP) is 1.88. The molecule has 0 aromatic heterocycles. The van der Waals surface area contributed by atoms with Gasteiger partial charge in [0.2, 0.25) is 0 Å². The molecule has 2 unspecified atom stereocenters. The van der Waals surface area contributed by atoms with Crippen LogP contribution >= 0.6 is 24.0 Å². The summed E-state index contributed by atoms with van der Waals surface area (Å²) in [5, 5.41) is 3.51. The molecule has 8 heteroatoms.